The van der Waals surface area contributed by atoms with Crippen molar-refractivity contribution in [3.8, 4) is 5.75 Å². The van der Waals surface area contributed by atoms with E-state index in [4.69, 9.17) is 10.5 Å². The molecule has 1 aromatic carbocycles. The normalized spacial score (nSPS) is 21.2. The predicted molar refractivity (Wildman–Crippen MR) is 104 cm³/mol. The Balaban J connectivity index is 1.68. The second-order valence-electron chi connectivity index (χ2n) is 7.86. The molecule has 2 aliphatic carbocycles. The van der Waals surface area contributed by atoms with Crippen LogP contribution >= 0.6 is 0 Å². The molecule has 0 unspecified atom stereocenters. The fourth-order valence-electron chi connectivity index (χ4n) is 3.93. The lowest BCUT2D eigenvalue weighted by Gasteiger charge is -2.35. The number of rotatable bonds is 7. The number of sulfonamides is 1. The Morgan fingerprint density at radius 2 is 1.90 bits per heavy atom. The molecule has 0 spiro atoms. The first-order valence-electron chi connectivity index (χ1n) is 9.76. The van der Waals surface area contributed by atoms with Crippen molar-refractivity contribution in [2.24, 2.45) is 11.7 Å². The molecular weight excluding hydrogens is 404 g/mol. The Bertz CT molecular complexity index is 849. The zero-order valence-electron chi connectivity index (χ0n) is 16.3. The van der Waals surface area contributed by atoms with Crippen LogP contribution < -0.4 is 20.5 Å². The van der Waals surface area contributed by atoms with E-state index in [0.717, 1.165) is 32.1 Å². The molecule has 162 valence electrons. The fraction of sp³-hybridized carbons (Fsp3) is 0.632. The van der Waals surface area contributed by atoms with Crippen molar-refractivity contribution >= 4 is 21.6 Å². The highest BCUT2D eigenvalue weighted by molar-refractivity contribution is 7.89. The fourth-order valence-corrected chi connectivity index (χ4v) is 5.31. The van der Waals surface area contributed by atoms with Gasteiger partial charge >= 0.3 is 0 Å². The third-order valence-electron chi connectivity index (χ3n) is 5.59. The number of halogens is 2. The molecule has 7 nitrogen and oxygen atoms in total. The van der Waals surface area contributed by atoms with Crippen molar-refractivity contribution in [2.75, 3.05) is 12.4 Å². The average molecular weight is 432 g/mol. The topological polar surface area (TPSA) is 111 Å². The molecular formula is C19H27F2N3O4S. The van der Waals surface area contributed by atoms with E-state index in [-0.39, 0.29) is 22.5 Å². The van der Waals surface area contributed by atoms with Crippen LogP contribution in [0.15, 0.2) is 23.1 Å². The van der Waals surface area contributed by atoms with Gasteiger partial charge in [0.15, 0.2) is 0 Å². The molecule has 0 saturated heterocycles. The highest BCUT2D eigenvalue weighted by atomic mass is 32.2. The Morgan fingerprint density at radius 3 is 2.48 bits per heavy atom. The highest BCUT2D eigenvalue weighted by Crippen LogP contribution is 2.38. The smallest absolute Gasteiger partial charge is 0.251 e. The van der Waals surface area contributed by atoms with Gasteiger partial charge in [-0.1, -0.05) is 19.3 Å². The minimum Gasteiger partial charge on any atom is -0.495 e. The molecule has 0 aliphatic heterocycles. The Kier molecular flexibility index (Phi) is 6.45. The van der Waals surface area contributed by atoms with Gasteiger partial charge in [-0.15, -0.1) is 0 Å². The SMILES string of the molecule is COc1cc(NC(=O)[C@@H](N)C2CCCCC2)ccc1S(=O)(=O)NC1CC(F)(F)C1. The number of carbonyl (C=O) groups excluding carboxylic acids is 1. The molecule has 1 amide bonds. The van der Waals surface area contributed by atoms with Gasteiger partial charge in [-0.25, -0.2) is 21.9 Å². The minimum absolute atomic E-state index is 0.00706. The lowest BCUT2D eigenvalue weighted by atomic mass is 9.84. The third-order valence-corrected chi connectivity index (χ3v) is 7.15. The number of hydrogen-bond donors (Lipinski definition) is 3. The number of amides is 1. The number of alkyl halides is 2. The molecule has 3 rings (SSSR count). The van der Waals surface area contributed by atoms with Crippen molar-refractivity contribution in [1.82, 2.24) is 4.72 Å². The Morgan fingerprint density at radius 1 is 1.24 bits per heavy atom. The Labute approximate surface area is 169 Å². The molecule has 2 fully saturated rings. The number of methoxy groups -OCH3 is 1. The van der Waals surface area contributed by atoms with Crippen LogP contribution in [0.3, 0.4) is 0 Å². The number of benzene rings is 1. The summed E-state index contributed by atoms with van der Waals surface area (Å²) in [4.78, 5) is 12.3. The Hall–Kier alpha value is -1.78. The summed E-state index contributed by atoms with van der Waals surface area (Å²) >= 11 is 0. The first-order chi connectivity index (χ1) is 13.6. The summed E-state index contributed by atoms with van der Waals surface area (Å²) in [5, 5.41) is 2.71. The van der Waals surface area contributed by atoms with E-state index in [9.17, 15) is 22.0 Å². The van der Waals surface area contributed by atoms with Crippen LogP contribution in [0.1, 0.15) is 44.9 Å². The van der Waals surface area contributed by atoms with Gasteiger partial charge in [0.05, 0.1) is 13.2 Å². The van der Waals surface area contributed by atoms with Crippen molar-refractivity contribution in [3.05, 3.63) is 18.2 Å². The van der Waals surface area contributed by atoms with E-state index < -0.39 is 40.9 Å². The van der Waals surface area contributed by atoms with Crippen molar-refractivity contribution in [1.29, 1.82) is 0 Å². The van der Waals surface area contributed by atoms with Crippen LogP contribution in [0.2, 0.25) is 0 Å². The van der Waals surface area contributed by atoms with Gasteiger partial charge in [-0.3, -0.25) is 4.79 Å². The number of anilines is 1. The quantitative estimate of drug-likeness (QED) is 0.615. The molecule has 0 bridgehead atoms. The van der Waals surface area contributed by atoms with E-state index in [2.05, 4.69) is 10.0 Å². The van der Waals surface area contributed by atoms with Crippen LogP contribution in [0.5, 0.6) is 5.75 Å². The second-order valence-corrected chi connectivity index (χ2v) is 9.54. The van der Waals surface area contributed by atoms with E-state index in [1.54, 1.807) is 0 Å². The maximum Gasteiger partial charge on any atom is 0.251 e. The number of nitrogens with two attached hydrogens (primary N) is 1. The molecule has 0 aromatic heterocycles. The lowest BCUT2D eigenvalue weighted by molar-refractivity contribution is -0.118. The van der Waals surface area contributed by atoms with Crippen molar-refractivity contribution in [3.63, 3.8) is 0 Å². The number of nitrogens with one attached hydrogen (secondary N) is 2. The van der Waals surface area contributed by atoms with Gasteiger partial charge in [0.1, 0.15) is 10.6 Å². The molecule has 2 saturated carbocycles. The van der Waals surface area contributed by atoms with Crippen LogP contribution in [-0.4, -0.2) is 39.4 Å². The lowest BCUT2D eigenvalue weighted by Crippen LogP contribution is -2.50. The average Bonchev–Trinajstić information content (AvgIpc) is 2.66. The first-order valence-corrected chi connectivity index (χ1v) is 11.2. The summed E-state index contributed by atoms with van der Waals surface area (Å²) in [6.07, 6.45) is 4.06. The van der Waals surface area contributed by atoms with Crippen LogP contribution in [-0.2, 0) is 14.8 Å². The maximum atomic E-state index is 13.0. The first kappa shape index (κ1) is 21.9. The largest absolute Gasteiger partial charge is 0.495 e. The zero-order chi connectivity index (χ0) is 21.2. The summed E-state index contributed by atoms with van der Waals surface area (Å²) in [5.74, 6) is -3.02. The van der Waals surface area contributed by atoms with Crippen molar-refractivity contribution in [2.45, 2.75) is 67.8 Å². The van der Waals surface area contributed by atoms with Crippen LogP contribution in [0.25, 0.3) is 0 Å². The maximum absolute atomic E-state index is 13.0. The van der Waals surface area contributed by atoms with E-state index in [1.807, 2.05) is 0 Å². The van der Waals surface area contributed by atoms with E-state index >= 15 is 0 Å². The standard InChI is InChI=1S/C19H27F2N3O4S/c1-28-15-9-13(23-18(25)17(22)12-5-3-2-4-6-12)7-8-16(15)29(26,27)24-14-10-19(20,21)11-14/h7-9,12,14,17,24H,2-6,10-11,22H2,1H3,(H,23,25)/t17-/m0/s1. The molecule has 2 aliphatic rings. The van der Waals surface area contributed by atoms with E-state index in [0.29, 0.717) is 5.69 Å². The molecule has 0 heterocycles. The number of hydrogen-bond acceptors (Lipinski definition) is 5. The molecule has 29 heavy (non-hydrogen) atoms. The molecule has 1 atom stereocenters. The number of carbonyl (C=O) groups is 1. The predicted octanol–water partition coefficient (Wildman–Crippen LogP) is 2.62. The summed E-state index contributed by atoms with van der Waals surface area (Å²) < 4.78 is 58.4. The highest BCUT2D eigenvalue weighted by Gasteiger charge is 2.47. The summed E-state index contributed by atoms with van der Waals surface area (Å²) in [5.41, 5.74) is 6.45. The number of ether oxygens (including phenoxy) is 1. The van der Waals surface area contributed by atoms with E-state index in [1.165, 1.54) is 25.3 Å². The molecule has 1 aromatic rings. The van der Waals surface area contributed by atoms with Gasteiger partial charge in [0.25, 0.3) is 5.92 Å². The zero-order valence-corrected chi connectivity index (χ0v) is 17.1. The van der Waals surface area contributed by atoms with Gasteiger partial charge in [-0.05, 0) is 30.9 Å². The molecule has 0 radical (unpaired) electrons. The van der Waals surface area contributed by atoms with Crippen LogP contribution in [0, 0.1) is 5.92 Å². The third kappa shape index (κ3) is 5.23. The molecule has 4 N–H and O–H groups in total. The van der Waals surface area contributed by atoms with Crippen molar-refractivity contribution < 1.29 is 26.7 Å². The summed E-state index contributed by atoms with van der Waals surface area (Å²) in [6, 6.07) is 2.65. The van der Waals surface area contributed by atoms with Gasteiger partial charge in [0, 0.05) is 30.6 Å². The minimum atomic E-state index is -4.04. The van der Waals surface area contributed by atoms with Gasteiger partial charge in [-0.2, -0.15) is 0 Å². The monoisotopic (exact) mass is 431 g/mol. The summed E-state index contributed by atoms with van der Waals surface area (Å²) in [6.45, 7) is 0. The summed E-state index contributed by atoms with van der Waals surface area (Å²) in [7, 11) is -2.74. The molecule has 10 heteroatoms. The second kappa shape index (κ2) is 8.53. The van der Waals surface area contributed by atoms with Crippen LogP contribution in [0.4, 0.5) is 14.5 Å². The van der Waals surface area contributed by atoms with Gasteiger partial charge in [0.2, 0.25) is 15.9 Å². The van der Waals surface area contributed by atoms with Gasteiger partial charge < -0.3 is 15.8 Å².